The van der Waals surface area contributed by atoms with Crippen molar-refractivity contribution in [3.8, 4) is 10.7 Å². The largest absolute Gasteiger partial charge is 0.356 e. The lowest BCUT2D eigenvalue weighted by Crippen LogP contribution is -2.28. The Hall–Kier alpha value is -1.79. The van der Waals surface area contributed by atoms with Crippen LogP contribution >= 0.6 is 11.3 Å². The molecule has 0 aliphatic carbocycles. The standard InChI is InChI=1S/C14H18N4OS/c1-15-6-4-8-17-13(19)9-11-10-20-14(18-11)12-5-2-3-7-16-12/h2-3,5,7,10,15H,4,6,8-9H2,1H3,(H,17,19). The summed E-state index contributed by atoms with van der Waals surface area (Å²) in [7, 11) is 1.90. The number of rotatable bonds is 7. The average Bonchev–Trinajstić information content (AvgIpc) is 2.93. The van der Waals surface area contributed by atoms with E-state index < -0.39 is 0 Å². The van der Waals surface area contributed by atoms with Gasteiger partial charge >= 0.3 is 0 Å². The molecule has 0 fully saturated rings. The van der Waals surface area contributed by atoms with Gasteiger partial charge in [0.1, 0.15) is 5.01 Å². The number of nitrogens with zero attached hydrogens (tertiary/aromatic N) is 2. The van der Waals surface area contributed by atoms with E-state index in [0.29, 0.717) is 13.0 Å². The molecular formula is C14H18N4OS. The van der Waals surface area contributed by atoms with Crippen LogP contribution in [0, 0.1) is 0 Å². The number of aromatic nitrogens is 2. The first-order valence-electron chi connectivity index (χ1n) is 6.56. The van der Waals surface area contributed by atoms with Crippen LogP contribution in [-0.2, 0) is 11.2 Å². The van der Waals surface area contributed by atoms with Crippen molar-refractivity contribution in [2.24, 2.45) is 0 Å². The number of hydrogen-bond donors (Lipinski definition) is 2. The van der Waals surface area contributed by atoms with Gasteiger partial charge < -0.3 is 10.6 Å². The second kappa shape index (κ2) is 7.72. The summed E-state index contributed by atoms with van der Waals surface area (Å²) in [5.41, 5.74) is 1.64. The molecule has 0 saturated carbocycles. The van der Waals surface area contributed by atoms with Gasteiger partial charge in [-0.2, -0.15) is 0 Å². The fourth-order valence-electron chi connectivity index (χ4n) is 1.72. The van der Waals surface area contributed by atoms with Gasteiger partial charge in [-0.15, -0.1) is 11.3 Å². The van der Waals surface area contributed by atoms with E-state index in [0.717, 1.165) is 29.4 Å². The SMILES string of the molecule is CNCCCNC(=O)Cc1csc(-c2ccccn2)n1. The van der Waals surface area contributed by atoms with Crippen LogP contribution in [-0.4, -0.2) is 36.0 Å². The zero-order valence-electron chi connectivity index (χ0n) is 11.4. The Morgan fingerprint density at radius 3 is 3.00 bits per heavy atom. The average molecular weight is 290 g/mol. The van der Waals surface area contributed by atoms with Gasteiger partial charge in [-0.05, 0) is 32.1 Å². The zero-order valence-corrected chi connectivity index (χ0v) is 12.2. The van der Waals surface area contributed by atoms with E-state index in [4.69, 9.17) is 0 Å². The van der Waals surface area contributed by atoms with Crippen LogP contribution in [0.5, 0.6) is 0 Å². The number of amides is 1. The van der Waals surface area contributed by atoms with E-state index in [1.807, 2.05) is 30.6 Å². The van der Waals surface area contributed by atoms with Gasteiger partial charge in [0, 0.05) is 18.1 Å². The molecule has 2 rings (SSSR count). The van der Waals surface area contributed by atoms with Crippen molar-refractivity contribution >= 4 is 17.2 Å². The second-order valence-corrected chi connectivity index (χ2v) is 5.20. The van der Waals surface area contributed by atoms with Crippen LogP contribution in [0.4, 0.5) is 0 Å². The highest BCUT2D eigenvalue weighted by atomic mass is 32.1. The molecule has 0 aliphatic heterocycles. The van der Waals surface area contributed by atoms with Gasteiger partial charge in [0.05, 0.1) is 17.8 Å². The summed E-state index contributed by atoms with van der Waals surface area (Å²) < 4.78 is 0. The van der Waals surface area contributed by atoms with Crippen molar-refractivity contribution in [3.63, 3.8) is 0 Å². The summed E-state index contributed by atoms with van der Waals surface area (Å²) in [5.74, 6) is 0.0129. The summed E-state index contributed by atoms with van der Waals surface area (Å²) in [6.45, 7) is 1.59. The summed E-state index contributed by atoms with van der Waals surface area (Å²) in [4.78, 5) is 20.4. The molecule has 0 atom stereocenters. The Kier molecular flexibility index (Phi) is 5.64. The lowest BCUT2D eigenvalue weighted by molar-refractivity contribution is -0.120. The van der Waals surface area contributed by atoms with E-state index in [1.165, 1.54) is 11.3 Å². The van der Waals surface area contributed by atoms with E-state index in [1.54, 1.807) is 6.20 Å². The lowest BCUT2D eigenvalue weighted by Gasteiger charge is -2.03. The predicted octanol–water partition coefficient (Wildman–Crippen LogP) is 1.47. The molecule has 2 N–H and O–H groups in total. The molecule has 0 unspecified atom stereocenters. The Labute approximate surface area is 122 Å². The number of hydrogen-bond acceptors (Lipinski definition) is 5. The van der Waals surface area contributed by atoms with Gasteiger partial charge in [-0.1, -0.05) is 6.07 Å². The summed E-state index contributed by atoms with van der Waals surface area (Å²) in [5, 5.41) is 8.69. The van der Waals surface area contributed by atoms with Crippen LogP contribution in [0.15, 0.2) is 29.8 Å². The van der Waals surface area contributed by atoms with Crippen LogP contribution in [0.25, 0.3) is 10.7 Å². The number of carbonyl (C=O) groups excluding carboxylic acids is 1. The molecule has 2 heterocycles. The normalized spacial score (nSPS) is 10.4. The highest BCUT2D eigenvalue weighted by molar-refractivity contribution is 7.13. The number of pyridine rings is 1. The third-order valence-electron chi connectivity index (χ3n) is 2.70. The van der Waals surface area contributed by atoms with Crippen LogP contribution < -0.4 is 10.6 Å². The van der Waals surface area contributed by atoms with E-state index in [9.17, 15) is 4.79 Å². The number of nitrogens with one attached hydrogen (secondary N) is 2. The maximum Gasteiger partial charge on any atom is 0.226 e. The fourth-order valence-corrected chi connectivity index (χ4v) is 2.51. The minimum Gasteiger partial charge on any atom is -0.356 e. The smallest absolute Gasteiger partial charge is 0.226 e. The summed E-state index contributed by atoms with van der Waals surface area (Å²) in [6, 6.07) is 5.72. The molecule has 0 radical (unpaired) electrons. The third-order valence-corrected chi connectivity index (χ3v) is 3.62. The molecule has 0 bridgehead atoms. The Bertz CT molecular complexity index is 541. The van der Waals surface area contributed by atoms with Gasteiger partial charge in [0.25, 0.3) is 0 Å². The first kappa shape index (κ1) is 14.6. The molecule has 0 aliphatic rings. The third kappa shape index (κ3) is 4.40. The minimum atomic E-state index is 0.0129. The predicted molar refractivity (Wildman–Crippen MR) is 80.6 cm³/mol. The fraction of sp³-hybridized carbons (Fsp3) is 0.357. The molecule has 20 heavy (non-hydrogen) atoms. The highest BCUT2D eigenvalue weighted by Gasteiger charge is 2.09. The molecule has 0 aromatic carbocycles. The first-order chi connectivity index (χ1) is 9.79. The topological polar surface area (TPSA) is 66.9 Å². The van der Waals surface area contributed by atoms with Crippen LogP contribution in [0.1, 0.15) is 12.1 Å². The molecule has 2 aromatic rings. The van der Waals surface area contributed by atoms with Crippen molar-refractivity contribution in [1.82, 2.24) is 20.6 Å². The van der Waals surface area contributed by atoms with Crippen molar-refractivity contribution in [1.29, 1.82) is 0 Å². The maximum absolute atomic E-state index is 11.7. The lowest BCUT2D eigenvalue weighted by atomic mass is 10.3. The number of thiazole rings is 1. The maximum atomic E-state index is 11.7. The molecule has 0 spiro atoms. The number of carbonyl (C=O) groups is 1. The molecule has 2 aromatic heterocycles. The Morgan fingerprint density at radius 2 is 2.25 bits per heavy atom. The molecular weight excluding hydrogens is 272 g/mol. The Balaban J connectivity index is 1.85. The summed E-state index contributed by atoms with van der Waals surface area (Å²) >= 11 is 1.51. The van der Waals surface area contributed by atoms with E-state index in [-0.39, 0.29) is 5.91 Å². The van der Waals surface area contributed by atoms with E-state index in [2.05, 4.69) is 20.6 Å². The van der Waals surface area contributed by atoms with Crippen molar-refractivity contribution in [3.05, 3.63) is 35.5 Å². The second-order valence-electron chi connectivity index (χ2n) is 4.34. The zero-order chi connectivity index (χ0) is 14.2. The van der Waals surface area contributed by atoms with Gasteiger partial charge in [-0.25, -0.2) is 4.98 Å². The van der Waals surface area contributed by atoms with Gasteiger partial charge in [0.15, 0.2) is 0 Å². The molecule has 5 nitrogen and oxygen atoms in total. The van der Waals surface area contributed by atoms with Crippen molar-refractivity contribution in [2.45, 2.75) is 12.8 Å². The summed E-state index contributed by atoms with van der Waals surface area (Å²) in [6.07, 6.45) is 2.99. The van der Waals surface area contributed by atoms with Crippen molar-refractivity contribution < 1.29 is 4.79 Å². The van der Waals surface area contributed by atoms with Gasteiger partial charge in [0.2, 0.25) is 5.91 Å². The monoisotopic (exact) mass is 290 g/mol. The van der Waals surface area contributed by atoms with Crippen LogP contribution in [0.2, 0.25) is 0 Å². The first-order valence-corrected chi connectivity index (χ1v) is 7.44. The molecule has 6 heteroatoms. The van der Waals surface area contributed by atoms with E-state index >= 15 is 0 Å². The molecule has 1 amide bonds. The van der Waals surface area contributed by atoms with Crippen molar-refractivity contribution in [2.75, 3.05) is 20.1 Å². The highest BCUT2D eigenvalue weighted by Crippen LogP contribution is 2.21. The molecule has 0 saturated heterocycles. The quantitative estimate of drug-likeness (QED) is 0.758. The van der Waals surface area contributed by atoms with Crippen LogP contribution in [0.3, 0.4) is 0 Å². The van der Waals surface area contributed by atoms with Gasteiger partial charge in [-0.3, -0.25) is 9.78 Å². The molecule has 106 valence electrons. The Morgan fingerprint density at radius 1 is 1.35 bits per heavy atom. The minimum absolute atomic E-state index is 0.0129.